The Morgan fingerprint density at radius 3 is 2.80 bits per heavy atom. The van der Waals surface area contributed by atoms with Crippen LogP contribution in [0.15, 0.2) is 16.6 Å². The zero-order chi connectivity index (χ0) is 11.2. The van der Waals surface area contributed by atoms with Crippen molar-refractivity contribution < 1.29 is 14.3 Å². The molecule has 1 heterocycles. The molecule has 0 amide bonds. The molecule has 0 aliphatic rings. The number of nitrogens with one attached hydrogen (secondary N) is 1. The zero-order valence-corrected chi connectivity index (χ0v) is 9.35. The van der Waals surface area contributed by atoms with Crippen LogP contribution < -0.4 is 0 Å². The molecule has 0 unspecified atom stereocenters. The predicted octanol–water partition coefficient (Wildman–Crippen LogP) is 3.08. The summed E-state index contributed by atoms with van der Waals surface area (Å²) in [6.45, 7) is 1.65. The van der Waals surface area contributed by atoms with Gasteiger partial charge in [-0.15, -0.1) is 0 Å². The molecular formula is C10H7BrFNO2. The topological polar surface area (TPSA) is 53.1 Å². The number of halogens is 2. The summed E-state index contributed by atoms with van der Waals surface area (Å²) in [5.74, 6) is -1.44. The highest BCUT2D eigenvalue weighted by atomic mass is 79.9. The number of carboxylic acids is 1. The Morgan fingerprint density at radius 2 is 2.20 bits per heavy atom. The summed E-state index contributed by atoms with van der Waals surface area (Å²) in [6.07, 6.45) is 0. The number of aromatic carboxylic acids is 1. The normalized spacial score (nSPS) is 10.9. The highest BCUT2D eigenvalue weighted by Gasteiger charge is 2.14. The molecule has 1 aromatic heterocycles. The van der Waals surface area contributed by atoms with Crippen LogP contribution in [0.4, 0.5) is 4.39 Å². The van der Waals surface area contributed by atoms with Crippen LogP contribution in [0.25, 0.3) is 10.9 Å². The van der Waals surface area contributed by atoms with E-state index in [1.54, 1.807) is 6.92 Å². The van der Waals surface area contributed by atoms with Crippen molar-refractivity contribution in [1.29, 1.82) is 0 Å². The van der Waals surface area contributed by atoms with Gasteiger partial charge < -0.3 is 10.1 Å². The molecule has 0 bridgehead atoms. The molecule has 2 rings (SSSR count). The molecule has 3 nitrogen and oxygen atoms in total. The summed E-state index contributed by atoms with van der Waals surface area (Å²) in [4.78, 5) is 13.6. The lowest BCUT2D eigenvalue weighted by Gasteiger charge is -1.95. The second-order valence-electron chi connectivity index (χ2n) is 3.24. The third-order valence-corrected chi connectivity index (χ3v) is 2.92. The van der Waals surface area contributed by atoms with Gasteiger partial charge in [0.15, 0.2) is 0 Å². The van der Waals surface area contributed by atoms with Crippen LogP contribution in [0, 0.1) is 12.7 Å². The summed E-state index contributed by atoms with van der Waals surface area (Å²) in [5, 5.41) is 9.46. The molecule has 0 aliphatic heterocycles. The van der Waals surface area contributed by atoms with Crippen molar-refractivity contribution >= 4 is 32.8 Å². The van der Waals surface area contributed by atoms with Gasteiger partial charge in [-0.2, -0.15) is 0 Å². The standard InChI is InChI=1S/C10H7BrFNO2/c1-4-5-2-7(12)6(11)3-8(5)13-9(4)10(14)15/h2-3,13H,1H3,(H,14,15). The van der Waals surface area contributed by atoms with E-state index in [-0.39, 0.29) is 5.69 Å². The molecule has 1 aromatic carbocycles. The number of H-pyrrole nitrogens is 1. The van der Waals surface area contributed by atoms with Gasteiger partial charge in [0.25, 0.3) is 0 Å². The molecule has 5 heteroatoms. The molecule has 0 aliphatic carbocycles. The molecule has 0 saturated carbocycles. The van der Waals surface area contributed by atoms with E-state index >= 15 is 0 Å². The summed E-state index contributed by atoms with van der Waals surface area (Å²) in [7, 11) is 0. The van der Waals surface area contributed by atoms with Crippen molar-refractivity contribution in [3.05, 3.63) is 33.7 Å². The number of rotatable bonds is 1. The Hall–Kier alpha value is -1.36. The first-order chi connectivity index (χ1) is 7.00. The average molecular weight is 272 g/mol. The van der Waals surface area contributed by atoms with Crippen LogP contribution in [0.5, 0.6) is 0 Å². The number of aromatic nitrogens is 1. The Labute approximate surface area is 93.0 Å². The fraction of sp³-hybridized carbons (Fsp3) is 0.100. The van der Waals surface area contributed by atoms with Crippen LogP contribution in [-0.4, -0.2) is 16.1 Å². The lowest BCUT2D eigenvalue weighted by atomic mass is 10.1. The predicted molar refractivity (Wildman–Crippen MR) is 57.7 cm³/mol. The molecule has 0 spiro atoms. The molecular weight excluding hydrogens is 265 g/mol. The molecule has 78 valence electrons. The fourth-order valence-corrected chi connectivity index (χ4v) is 1.88. The highest BCUT2D eigenvalue weighted by molar-refractivity contribution is 9.10. The summed E-state index contributed by atoms with van der Waals surface area (Å²) in [5.41, 5.74) is 1.25. The van der Waals surface area contributed by atoms with Crippen molar-refractivity contribution in [2.24, 2.45) is 0 Å². The van der Waals surface area contributed by atoms with E-state index in [1.807, 2.05) is 0 Å². The van der Waals surface area contributed by atoms with E-state index in [4.69, 9.17) is 5.11 Å². The highest BCUT2D eigenvalue weighted by Crippen LogP contribution is 2.27. The maximum Gasteiger partial charge on any atom is 0.352 e. The summed E-state index contributed by atoms with van der Waals surface area (Å²) >= 11 is 3.04. The Morgan fingerprint density at radius 1 is 1.53 bits per heavy atom. The summed E-state index contributed by atoms with van der Waals surface area (Å²) < 4.78 is 13.5. The van der Waals surface area contributed by atoms with Crippen LogP contribution in [0.2, 0.25) is 0 Å². The third kappa shape index (κ3) is 1.52. The van der Waals surface area contributed by atoms with E-state index in [1.165, 1.54) is 12.1 Å². The Balaban J connectivity index is 2.83. The smallest absolute Gasteiger partial charge is 0.352 e. The van der Waals surface area contributed by atoms with Crippen molar-refractivity contribution in [2.75, 3.05) is 0 Å². The second-order valence-corrected chi connectivity index (χ2v) is 4.10. The van der Waals surface area contributed by atoms with Crippen LogP contribution in [0.1, 0.15) is 16.1 Å². The molecule has 0 saturated heterocycles. The number of aryl methyl sites for hydroxylation is 1. The first-order valence-corrected chi connectivity index (χ1v) is 5.00. The lowest BCUT2D eigenvalue weighted by molar-refractivity contribution is 0.0691. The number of hydrogen-bond donors (Lipinski definition) is 2. The first kappa shape index (κ1) is 10.2. The number of benzene rings is 1. The molecule has 0 atom stereocenters. The number of carboxylic acid groups (broad SMARTS) is 1. The largest absolute Gasteiger partial charge is 0.477 e. The monoisotopic (exact) mass is 271 g/mol. The van der Waals surface area contributed by atoms with Gasteiger partial charge in [0.2, 0.25) is 0 Å². The molecule has 0 radical (unpaired) electrons. The van der Waals surface area contributed by atoms with Gasteiger partial charge in [0, 0.05) is 10.9 Å². The fourth-order valence-electron chi connectivity index (χ4n) is 1.54. The van der Waals surface area contributed by atoms with E-state index in [2.05, 4.69) is 20.9 Å². The maximum atomic E-state index is 13.2. The molecule has 2 N–H and O–H groups in total. The minimum absolute atomic E-state index is 0.0995. The van der Waals surface area contributed by atoms with Gasteiger partial charge in [-0.05, 0) is 40.5 Å². The maximum absolute atomic E-state index is 13.2. The van der Waals surface area contributed by atoms with Crippen molar-refractivity contribution in [2.45, 2.75) is 6.92 Å². The van der Waals surface area contributed by atoms with E-state index in [0.29, 0.717) is 20.9 Å². The molecule has 0 fully saturated rings. The Bertz CT molecular complexity index is 562. The summed E-state index contributed by atoms with van der Waals surface area (Å²) in [6, 6.07) is 2.85. The van der Waals surface area contributed by atoms with Gasteiger partial charge >= 0.3 is 5.97 Å². The minimum atomic E-state index is -1.04. The van der Waals surface area contributed by atoms with Crippen LogP contribution >= 0.6 is 15.9 Å². The third-order valence-electron chi connectivity index (χ3n) is 2.31. The number of aromatic amines is 1. The van der Waals surface area contributed by atoms with Crippen molar-refractivity contribution in [3.8, 4) is 0 Å². The van der Waals surface area contributed by atoms with Gasteiger partial charge in [-0.3, -0.25) is 0 Å². The van der Waals surface area contributed by atoms with Gasteiger partial charge in [0.1, 0.15) is 11.5 Å². The van der Waals surface area contributed by atoms with E-state index < -0.39 is 11.8 Å². The van der Waals surface area contributed by atoms with E-state index in [9.17, 15) is 9.18 Å². The first-order valence-electron chi connectivity index (χ1n) is 4.21. The number of hydrogen-bond acceptors (Lipinski definition) is 1. The van der Waals surface area contributed by atoms with Crippen LogP contribution in [-0.2, 0) is 0 Å². The molecule has 15 heavy (non-hydrogen) atoms. The van der Waals surface area contributed by atoms with Gasteiger partial charge in [-0.1, -0.05) is 0 Å². The van der Waals surface area contributed by atoms with Gasteiger partial charge in [-0.25, -0.2) is 9.18 Å². The average Bonchev–Trinajstić information content (AvgIpc) is 2.46. The minimum Gasteiger partial charge on any atom is -0.477 e. The lowest BCUT2D eigenvalue weighted by Crippen LogP contribution is -1.97. The quantitative estimate of drug-likeness (QED) is 0.838. The van der Waals surface area contributed by atoms with Crippen LogP contribution in [0.3, 0.4) is 0 Å². The zero-order valence-electron chi connectivity index (χ0n) is 7.77. The number of fused-ring (bicyclic) bond motifs is 1. The Kier molecular flexibility index (Phi) is 2.26. The SMILES string of the molecule is Cc1c(C(=O)O)[nH]c2cc(Br)c(F)cc12. The van der Waals surface area contributed by atoms with Crippen molar-refractivity contribution in [3.63, 3.8) is 0 Å². The second kappa shape index (κ2) is 3.34. The van der Waals surface area contributed by atoms with E-state index in [0.717, 1.165) is 0 Å². The van der Waals surface area contributed by atoms with Gasteiger partial charge in [0.05, 0.1) is 4.47 Å². The van der Waals surface area contributed by atoms with Crippen molar-refractivity contribution in [1.82, 2.24) is 4.98 Å². The number of carbonyl (C=O) groups is 1. The molecule has 2 aromatic rings.